The molecule has 0 saturated carbocycles. The number of hydrogen-bond acceptors (Lipinski definition) is 2. The van der Waals surface area contributed by atoms with E-state index in [0.717, 1.165) is 18.2 Å². The van der Waals surface area contributed by atoms with Crippen LogP contribution in [-0.2, 0) is 6.54 Å². The zero-order valence-electron chi connectivity index (χ0n) is 9.53. The first-order chi connectivity index (χ1) is 8.06. The maximum Gasteiger partial charge on any atom is 0.201 e. The predicted molar refractivity (Wildman–Crippen MR) is 65.9 cm³/mol. The minimum atomic E-state index is -0.936. The molecule has 2 nitrogen and oxygen atoms in total. The van der Waals surface area contributed by atoms with Crippen LogP contribution < -0.4 is 5.32 Å². The fourth-order valence-corrected chi connectivity index (χ4v) is 2.44. The van der Waals surface area contributed by atoms with Crippen LogP contribution in [0.1, 0.15) is 18.2 Å². The van der Waals surface area contributed by atoms with Crippen molar-refractivity contribution in [1.29, 1.82) is 0 Å². The molecule has 0 aliphatic heterocycles. The lowest BCUT2D eigenvalue weighted by atomic mass is 10.1. The van der Waals surface area contributed by atoms with Gasteiger partial charge in [0.1, 0.15) is 5.76 Å². The molecule has 17 heavy (non-hydrogen) atoms. The Hall–Kier alpha value is -0.940. The standard InChI is InChI=1S/C12H12BrF2NO/c1-3-16-5-9-6(2)10-7(13)4-8(14)11(15)12(10)17-9/h4,16H,3,5H2,1-2H3. The summed E-state index contributed by atoms with van der Waals surface area (Å²) in [6, 6.07) is 1.12. The van der Waals surface area contributed by atoms with Crippen molar-refractivity contribution in [3.8, 4) is 0 Å². The average Bonchev–Trinajstić information content (AvgIpc) is 2.61. The van der Waals surface area contributed by atoms with Crippen molar-refractivity contribution >= 4 is 26.9 Å². The quantitative estimate of drug-likeness (QED) is 0.870. The Bertz CT molecular complexity index is 565. The maximum absolute atomic E-state index is 13.6. The fraction of sp³-hybridized carbons (Fsp3) is 0.333. The first-order valence-corrected chi connectivity index (χ1v) is 6.11. The third-order valence-electron chi connectivity index (χ3n) is 2.68. The molecule has 0 bridgehead atoms. The first kappa shape index (κ1) is 12.5. The second kappa shape index (κ2) is 4.74. The molecule has 0 aliphatic rings. The van der Waals surface area contributed by atoms with Crippen molar-refractivity contribution in [2.45, 2.75) is 20.4 Å². The van der Waals surface area contributed by atoms with E-state index in [9.17, 15) is 8.78 Å². The molecule has 0 fully saturated rings. The lowest BCUT2D eigenvalue weighted by molar-refractivity contribution is 0.469. The average molecular weight is 304 g/mol. The van der Waals surface area contributed by atoms with Gasteiger partial charge in [0.25, 0.3) is 0 Å². The Kier molecular flexibility index (Phi) is 3.49. The number of fused-ring (bicyclic) bond motifs is 1. The number of hydrogen-bond donors (Lipinski definition) is 1. The van der Waals surface area contributed by atoms with E-state index in [-0.39, 0.29) is 5.58 Å². The summed E-state index contributed by atoms with van der Waals surface area (Å²) in [4.78, 5) is 0. The van der Waals surface area contributed by atoms with Gasteiger partial charge in [-0.3, -0.25) is 0 Å². The number of rotatable bonds is 3. The van der Waals surface area contributed by atoms with Gasteiger partial charge in [-0.05, 0) is 35.5 Å². The molecule has 0 spiro atoms. The molecule has 2 rings (SSSR count). The summed E-state index contributed by atoms with van der Waals surface area (Å²) >= 11 is 3.23. The number of halogens is 3. The van der Waals surface area contributed by atoms with Gasteiger partial charge in [0.05, 0.1) is 6.54 Å². The topological polar surface area (TPSA) is 25.2 Å². The van der Waals surface area contributed by atoms with E-state index in [4.69, 9.17) is 4.42 Å². The van der Waals surface area contributed by atoms with Gasteiger partial charge in [-0.25, -0.2) is 4.39 Å². The smallest absolute Gasteiger partial charge is 0.201 e. The summed E-state index contributed by atoms with van der Waals surface area (Å²) in [5, 5.41) is 3.69. The third kappa shape index (κ3) is 2.09. The summed E-state index contributed by atoms with van der Waals surface area (Å²) < 4.78 is 32.7. The number of benzene rings is 1. The van der Waals surface area contributed by atoms with E-state index in [0.29, 0.717) is 22.2 Å². The van der Waals surface area contributed by atoms with Gasteiger partial charge < -0.3 is 9.73 Å². The van der Waals surface area contributed by atoms with Crippen LogP contribution in [0.5, 0.6) is 0 Å². The van der Waals surface area contributed by atoms with Crippen LogP contribution in [0, 0.1) is 18.6 Å². The highest BCUT2D eigenvalue weighted by atomic mass is 79.9. The predicted octanol–water partition coefficient (Wildman–Crippen LogP) is 3.89. The van der Waals surface area contributed by atoms with Crippen LogP contribution >= 0.6 is 15.9 Å². The molecule has 0 amide bonds. The van der Waals surface area contributed by atoms with E-state index in [1.54, 1.807) is 0 Å². The number of furan rings is 1. The summed E-state index contributed by atoms with van der Waals surface area (Å²) in [5.41, 5.74) is 0.800. The van der Waals surface area contributed by atoms with Crippen molar-refractivity contribution in [3.05, 3.63) is 33.5 Å². The molecular formula is C12H12BrF2NO. The maximum atomic E-state index is 13.6. The van der Waals surface area contributed by atoms with Crippen molar-refractivity contribution in [2.24, 2.45) is 0 Å². The number of aryl methyl sites for hydroxylation is 1. The summed E-state index contributed by atoms with van der Waals surface area (Å²) in [7, 11) is 0. The lowest BCUT2D eigenvalue weighted by Gasteiger charge is -1.98. The van der Waals surface area contributed by atoms with Gasteiger partial charge in [-0.2, -0.15) is 4.39 Å². The molecule has 1 aromatic heterocycles. The van der Waals surface area contributed by atoms with Crippen molar-refractivity contribution < 1.29 is 13.2 Å². The monoisotopic (exact) mass is 303 g/mol. The normalized spacial score (nSPS) is 11.4. The molecular weight excluding hydrogens is 292 g/mol. The minimum absolute atomic E-state index is 0.0257. The Balaban J connectivity index is 2.64. The molecule has 1 N–H and O–H groups in total. The van der Waals surface area contributed by atoms with Crippen LogP contribution in [0.4, 0.5) is 8.78 Å². The van der Waals surface area contributed by atoms with Crippen LogP contribution in [0.25, 0.3) is 11.0 Å². The van der Waals surface area contributed by atoms with Crippen molar-refractivity contribution in [2.75, 3.05) is 6.54 Å². The van der Waals surface area contributed by atoms with Crippen LogP contribution in [0.2, 0.25) is 0 Å². The van der Waals surface area contributed by atoms with Crippen LogP contribution in [-0.4, -0.2) is 6.54 Å². The van der Waals surface area contributed by atoms with Crippen molar-refractivity contribution in [3.63, 3.8) is 0 Å². The van der Waals surface area contributed by atoms with E-state index in [2.05, 4.69) is 21.2 Å². The highest BCUT2D eigenvalue weighted by molar-refractivity contribution is 9.10. The van der Waals surface area contributed by atoms with Gasteiger partial charge in [0.15, 0.2) is 11.4 Å². The highest BCUT2D eigenvalue weighted by Crippen LogP contribution is 2.34. The largest absolute Gasteiger partial charge is 0.456 e. The number of nitrogens with one attached hydrogen (secondary N) is 1. The Labute approximate surface area is 106 Å². The lowest BCUT2D eigenvalue weighted by Crippen LogP contribution is -2.11. The summed E-state index contributed by atoms with van der Waals surface area (Å²) in [6.07, 6.45) is 0. The second-order valence-corrected chi connectivity index (χ2v) is 4.64. The Morgan fingerprint density at radius 2 is 2.12 bits per heavy atom. The van der Waals surface area contributed by atoms with E-state index in [1.807, 2.05) is 13.8 Å². The molecule has 5 heteroatoms. The molecule has 0 unspecified atom stereocenters. The van der Waals surface area contributed by atoms with E-state index < -0.39 is 11.6 Å². The molecule has 0 aliphatic carbocycles. The van der Waals surface area contributed by atoms with Gasteiger partial charge in [-0.1, -0.05) is 6.92 Å². The van der Waals surface area contributed by atoms with Gasteiger partial charge in [-0.15, -0.1) is 0 Å². The minimum Gasteiger partial charge on any atom is -0.456 e. The Morgan fingerprint density at radius 3 is 2.76 bits per heavy atom. The fourth-order valence-electron chi connectivity index (χ4n) is 1.77. The zero-order valence-corrected chi connectivity index (χ0v) is 11.1. The summed E-state index contributed by atoms with van der Waals surface area (Å²) in [6.45, 7) is 5.09. The van der Waals surface area contributed by atoms with Crippen LogP contribution in [0.3, 0.4) is 0 Å². The van der Waals surface area contributed by atoms with Crippen molar-refractivity contribution in [1.82, 2.24) is 5.32 Å². The molecule has 0 radical (unpaired) electrons. The molecule has 0 atom stereocenters. The van der Waals surface area contributed by atoms with Gasteiger partial charge >= 0.3 is 0 Å². The van der Waals surface area contributed by atoms with Gasteiger partial charge in [0.2, 0.25) is 5.82 Å². The second-order valence-electron chi connectivity index (χ2n) is 3.79. The molecule has 1 aromatic carbocycles. The molecule has 92 valence electrons. The van der Waals surface area contributed by atoms with E-state index >= 15 is 0 Å². The van der Waals surface area contributed by atoms with E-state index in [1.165, 1.54) is 0 Å². The zero-order chi connectivity index (χ0) is 12.6. The Morgan fingerprint density at radius 1 is 1.41 bits per heavy atom. The highest BCUT2D eigenvalue weighted by Gasteiger charge is 2.19. The van der Waals surface area contributed by atoms with Crippen LogP contribution in [0.15, 0.2) is 15.0 Å². The molecule has 0 saturated heterocycles. The third-order valence-corrected chi connectivity index (χ3v) is 3.31. The summed E-state index contributed by atoms with van der Waals surface area (Å²) in [5.74, 6) is -1.21. The SMILES string of the molecule is CCNCc1oc2c(F)c(F)cc(Br)c2c1C. The molecule has 1 heterocycles. The first-order valence-electron chi connectivity index (χ1n) is 5.32. The van der Waals surface area contributed by atoms with Gasteiger partial charge in [0, 0.05) is 15.4 Å². The molecule has 2 aromatic rings.